The Bertz CT molecular complexity index is 1270. The van der Waals surface area contributed by atoms with Gasteiger partial charge in [0.2, 0.25) is 0 Å². The van der Waals surface area contributed by atoms with Gasteiger partial charge in [-0.3, -0.25) is 9.80 Å². The zero-order valence-corrected chi connectivity index (χ0v) is 26.0. The highest BCUT2D eigenvalue weighted by Crippen LogP contribution is 2.42. The number of anilines is 1. The summed E-state index contributed by atoms with van der Waals surface area (Å²) >= 11 is 9.56. The number of hydrogen-bond acceptors (Lipinski definition) is 7. The fraction of sp³-hybridized carbons (Fsp3) is 0.679. The molecule has 4 unspecified atom stereocenters. The smallest absolute Gasteiger partial charge is 0.410 e. The summed E-state index contributed by atoms with van der Waals surface area (Å²) in [4.78, 5) is 27.6. The Labute approximate surface area is 251 Å². The lowest BCUT2D eigenvalue weighted by atomic mass is 10.1. The predicted octanol–water partition coefficient (Wildman–Crippen LogP) is 6.77. The Morgan fingerprint density at radius 3 is 2.39 bits per heavy atom. The van der Waals surface area contributed by atoms with Crippen molar-refractivity contribution in [1.29, 1.82) is 0 Å². The minimum Gasteiger partial charge on any atom is -0.467 e. The van der Waals surface area contributed by atoms with Crippen LogP contribution in [0.2, 0.25) is 5.02 Å². The van der Waals surface area contributed by atoms with E-state index < -0.39 is 18.2 Å². The molecular formula is C28H36BrClF3N5O3. The van der Waals surface area contributed by atoms with Crippen LogP contribution in [-0.2, 0) is 4.74 Å². The molecule has 1 amide bonds. The van der Waals surface area contributed by atoms with Crippen LogP contribution in [0.5, 0.6) is 6.01 Å². The van der Waals surface area contributed by atoms with E-state index >= 15 is 0 Å². The molecule has 4 atom stereocenters. The average Bonchev–Trinajstić information content (AvgIpc) is 3.55. The zero-order chi connectivity index (χ0) is 29.6. The largest absolute Gasteiger partial charge is 0.467 e. The lowest BCUT2D eigenvalue weighted by Crippen LogP contribution is -2.57. The van der Waals surface area contributed by atoms with Gasteiger partial charge in [0.05, 0.1) is 29.7 Å². The van der Waals surface area contributed by atoms with Gasteiger partial charge < -0.3 is 14.4 Å². The first-order valence-electron chi connectivity index (χ1n) is 14.0. The van der Waals surface area contributed by atoms with Gasteiger partial charge in [-0.2, -0.15) is 9.97 Å². The van der Waals surface area contributed by atoms with Gasteiger partial charge in [0, 0.05) is 41.1 Å². The van der Waals surface area contributed by atoms with Crippen molar-refractivity contribution >= 4 is 50.3 Å². The minimum atomic E-state index is -2.72. The van der Waals surface area contributed by atoms with Crippen LogP contribution in [0.15, 0.2) is 10.5 Å². The molecular weight excluding hydrogens is 627 g/mol. The summed E-state index contributed by atoms with van der Waals surface area (Å²) in [5, 5.41) is 0.495. The molecule has 6 rings (SSSR count). The van der Waals surface area contributed by atoms with Crippen LogP contribution in [0.3, 0.4) is 0 Å². The first-order valence-corrected chi connectivity index (χ1v) is 15.2. The minimum absolute atomic E-state index is 0.0694. The quantitative estimate of drug-likeness (QED) is 0.359. The number of alkyl halides is 3. The van der Waals surface area contributed by atoms with E-state index in [-0.39, 0.29) is 39.2 Å². The van der Waals surface area contributed by atoms with E-state index in [0.29, 0.717) is 42.4 Å². The van der Waals surface area contributed by atoms with Gasteiger partial charge in [-0.1, -0.05) is 11.6 Å². The molecule has 4 saturated heterocycles. The second kappa shape index (κ2) is 11.9. The molecule has 0 spiro atoms. The molecule has 8 nitrogen and oxygen atoms in total. The standard InChI is InChI=1S/C21H24BrClF2N4O3.C7H12FN/c1-21(2,3)32-20(30)29-10-5-6-11(29)9-28(8-10)18-13-7-12(17(24)25)14(22)15(23)16(13)26-19(27-18)31-4;8-6-4-7-2-1-3-9(7)5-6/h7,10-11,17H,5-6,8-9H2,1-4H3;6-7H,1-5H2. The zero-order valence-electron chi connectivity index (χ0n) is 23.7. The summed E-state index contributed by atoms with van der Waals surface area (Å²) in [6.45, 7) is 8.35. The topological polar surface area (TPSA) is 71.0 Å². The Kier molecular flexibility index (Phi) is 8.84. The number of piperazine rings is 1. The first-order chi connectivity index (χ1) is 19.4. The van der Waals surface area contributed by atoms with Crippen LogP contribution in [0.1, 0.15) is 64.9 Å². The third kappa shape index (κ3) is 6.34. The van der Waals surface area contributed by atoms with Crippen molar-refractivity contribution in [3.8, 4) is 6.01 Å². The van der Waals surface area contributed by atoms with Crippen molar-refractivity contribution in [3.63, 3.8) is 0 Å². The van der Waals surface area contributed by atoms with Crippen LogP contribution in [0.25, 0.3) is 10.9 Å². The van der Waals surface area contributed by atoms with E-state index in [9.17, 15) is 18.0 Å². The Balaban J connectivity index is 0.000000315. The van der Waals surface area contributed by atoms with Crippen molar-refractivity contribution in [2.24, 2.45) is 0 Å². The number of hydrogen-bond donors (Lipinski definition) is 0. The van der Waals surface area contributed by atoms with Crippen LogP contribution >= 0.6 is 27.5 Å². The SMILES string of the molecule is COc1nc(N2CC3CCC(C2)N3C(=O)OC(C)(C)C)c2cc(C(F)F)c(Br)c(Cl)c2n1.FC1CC2CCCN2C1. The molecule has 0 radical (unpaired) electrons. The first kappa shape index (κ1) is 30.4. The number of aromatic nitrogens is 2. The maximum Gasteiger partial charge on any atom is 0.410 e. The van der Waals surface area contributed by atoms with Crippen LogP contribution in [0, 0.1) is 0 Å². The highest BCUT2D eigenvalue weighted by molar-refractivity contribution is 9.10. The molecule has 4 fully saturated rings. The van der Waals surface area contributed by atoms with Gasteiger partial charge in [-0.05, 0) is 81.4 Å². The van der Waals surface area contributed by atoms with E-state index in [4.69, 9.17) is 21.1 Å². The molecule has 2 bridgehead atoms. The van der Waals surface area contributed by atoms with Crippen molar-refractivity contribution in [1.82, 2.24) is 19.8 Å². The highest BCUT2D eigenvalue weighted by atomic mass is 79.9. The van der Waals surface area contributed by atoms with E-state index in [0.717, 1.165) is 25.8 Å². The van der Waals surface area contributed by atoms with Gasteiger partial charge in [0.15, 0.2) is 0 Å². The molecule has 0 saturated carbocycles. The molecule has 0 aliphatic carbocycles. The summed E-state index contributed by atoms with van der Waals surface area (Å²) in [6, 6.07) is 1.93. The number of methoxy groups -OCH3 is 1. The molecule has 5 heterocycles. The number of nitrogens with zero attached hydrogens (tertiary/aromatic N) is 5. The van der Waals surface area contributed by atoms with E-state index in [1.54, 1.807) is 4.90 Å². The number of benzene rings is 1. The molecule has 226 valence electrons. The average molecular weight is 663 g/mol. The number of carbonyl (C=O) groups excluding carboxylic acids is 1. The van der Waals surface area contributed by atoms with Gasteiger partial charge in [0.25, 0.3) is 6.43 Å². The molecule has 4 aliphatic rings. The lowest BCUT2D eigenvalue weighted by Gasteiger charge is -2.42. The number of carbonyl (C=O) groups is 1. The fourth-order valence-electron chi connectivity index (χ4n) is 6.39. The fourth-order valence-corrected chi connectivity index (χ4v) is 7.12. The van der Waals surface area contributed by atoms with Crippen molar-refractivity contribution in [2.45, 2.75) is 89.2 Å². The Morgan fingerprint density at radius 2 is 1.80 bits per heavy atom. The van der Waals surface area contributed by atoms with Gasteiger partial charge >= 0.3 is 12.1 Å². The lowest BCUT2D eigenvalue weighted by molar-refractivity contribution is 0.0122. The predicted molar refractivity (Wildman–Crippen MR) is 155 cm³/mol. The van der Waals surface area contributed by atoms with E-state index in [2.05, 4.69) is 30.8 Å². The summed E-state index contributed by atoms with van der Waals surface area (Å²) < 4.78 is 50.8. The molecule has 2 aromatic rings. The van der Waals surface area contributed by atoms with Crippen molar-refractivity contribution in [3.05, 3.63) is 21.1 Å². The van der Waals surface area contributed by atoms with Crippen LogP contribution in [0.4, 0.5) is 23.8 Å². The number of halogens is 5. The molecule has 1 aromatic heterocycles. The second-order valence-electron chi connectivity index (χ2n) is 12.1. The maximum absolute atomic E-state index is 13.6. The van der Waals surface area contributed by atoms with Crippen LogP contribution < -0.4 is 9.64 Å². The Hall–Kier alpha value is -2.05. The summed E-state index contributed by atoms with van der Waals surface area (Å²) in [6.07, 6.45) is 1.42. The number of amides is 1. The van der Waals surface area contributed by atoms with Crippen molar-refractivity contribution < 1.29 is 27.4 Å². The third-order valence-corrected chi connectivity index (χ3v) is 9.57. The number of rotatable bonds is 3. The number of fused-ring (bicyclic) bond motifs is 4. The van der Waals surface area contributed by atoms with Crippen molar-refractivity contribution in [2.75, 3.05) is 38.2 Å². The summed E-state index contributed by atoms with van der Waals surface area (Å²) in [5.74, 6) is 0.462. The summed E-state index contributed by atoms with van der Waals surface area (Å²) in [7, 11) is 1.44. The summed E-state index contributed by atoms with van der Waals surface area (Å²) in [5.41, 5.74) is -0.487. The van der Waals surface area contributed by atoms with Crippen LogP contribution in [-0.4, -0.2) is 89.0 Å². The molecule has 1 aromatic carbocycles. The molecule has 0 N–H and O–H groups in total. The maximum atomic E-state index is 13.6. The van der Waals surface area contributed by atoms with E-state index in [1.165, 1.54) is 26.0 Å². The molecule has 13 heteroatoms. The second-order valence-corrected chi connectivity index (χ2v) is 13.3. The Morgan fingerprint density at radius 1 is 1.12 bits per heavy atom. The van der Waals surface area contributed by atoms with Gasteiger partial charge in [-0.15, -0.1) is 0 Å². The van der Waals surface area contributed by atoms with Gasteiger partial charge in [0.1, 0.15) is 17.6 Å². The normalized spacial score (nSPS) is 25.9. The number of ether oxygens (including phenoxy) is 2. The molecule has 41 heavy (non-hydrogen) atoms. The monoisotopic (exact) mass is 661 g/mol. The van der Waals surface area contributed by atoms with Gasteiger partial charge in [-0.25, -0.2) is 18.0 Å². The molecule has 4 aliphatic heterocycles. The third-order valence-electron chi connectivity index (χ3n) is 8.12. The van der Waals surface area contributed by atoms with E-state index in [1.807, 2.05) is 25.7 Å². The highest BCUT2D eigenvalue weighted by Gasteiger charge is 2.45.